The van der Waals surface area contributed by atoms with Crippen LogP contribution in [0.2, 0.25) is 0 Å². The van der Waals surface area contributed by atoms with Crippen LogP contribution in [0, 0.1) is 0 Å². The van der Waals surface area contributed by atoms with E-state index >= 15 is 0 Å². The standard InChI is InChI=1S/C32H32N4O3/c1-3-36(29-15-8-5-9-16-29)32(39)26-13-10-14-28(21-26)35-30(37)22-33-27-19-17-25(18-20-27)31(38)34-23(2)24-11-6-4-7-12-24/h4-21,23,33H,3,22H2,1-2H3,(H,34,38)(H,35,37). The van der Waals surface area contributed by atoms with Crippen molar-refractivity contribution in [2.24, 2.45) is 0 Å². The third-order valence-electron chi connectivity index (χ3n) is 6.27. The van der Waals surface area contributed by atoms with Gasteiger partial charge in [-0.25, -0.2) is 0 Å². The minimum absolute atomic E-state index is 0.0276. The van der Waals surface area contributed by atoms with E-state index in [4.69, 9.17) is 0 Å². The molecule has 3 N–H and O–H groups in total. The second-order valence-corrected chi connectivity index (χ2v) is 9.05. The number of nitrogens with zero attached hydrogens (tertiary/aromatic N) is 1. The largest absolute Gasteiger partial charge is 0.376 e. The first-order valence-corrected chi connectivity index (χ1v) is 12.9. The number of para-hydroxylation sites is 1. The topological polar surface area (TPSA) is 90.5 Å². The van der Waals surface area contributed by atoms with Gasteiger partial charge in [0.1, 0.15) is 0 Å². The molecule has 4 aromatic carbocycles. The summed E-state index contributed by atoms with van der Waals surface area (Å²) in [5, 5.41) is 8.89. The fourth-order valence-electron chi connectivity index (χ4n) is 4.17. The van der Waals surface area contributed by atoms with E-state index in [0.717, 1.165) is 11.3 Å². The van der Waals surface area contributed by atoms with Crippen LogP contribution in [0.25, 0.3) is 0 Å². The Kier molecular flexibility index (Phi) is 9.08. The summed E-state index contributed by atoms with van der Waals surface area (Å²) in [6.07, 6.45) is 0. The molecule has 0 fully saturated rings. The summed E-state index contributed by atoms with van der Waals surface area (Å²) in [4.78, 5) is 40.0. The fourth-order valence-corrected chi connectivity index (χ4v) is 4.17. The van der Waals surface area contributed by atoms with Crippen molar-refractivity contribution < 1.29 is 14.4 Å². The summed E-state index contributed by atoms with van der Waals surface area (Å²) in [5.41, 5.74) is 4.12. The summed E-state index contributed by atoms with van der Waals surface area (Å²) in [6, 6.07) is 33.0. The lowest BCUT2D eigenvalue weighted by Gasteiger charge is -2.21. The van der Waals surface area contributed by atoms with Crippen molar-refractivity contribution in [3.63, 3.8) is 0 Å². The zero-order chi connectivity index (χ0) is 27.6. The SMILES string of the molecule is CCN(C(=O)c1cccc(NC(=O)CNc2ccc(C(=O)NC(C)c3ccccc3)cc2)c1)c1ccccc1. The van der Waals surface area contributed by atoms with Gasteiger partial charge in [0.15, 0.2) is 0 Å². The van der Waals surface area contributed by atoms with Crippen LogP contribution in [0.4, 0.5) is 17.1 Å². The van der Waals surface area contributed by atoms with Gasteiger partial charge in [0.05, 0.1) is 12.6 Å². The predicted octanol–water partition coefficient (Wildman–Crippen LogP) is 5.89. The molecule has 198 valence electrons. The van der Waals surface area contributed by atoms with Gasteiger partial charge in [-0.2, -0.15) is 0 Å². The molecule has 0 aliphatic rings. The van der Waals surface area contributed by atoms with E-state index in [-0.39, 0.29) is 30.3 Å². The van der Waals surface area contributed by atoms with Crippen LogP contribution in [0.1, 0.15) is 46.2 Å². The van der Waals surface area contributed by atoms with Crippen LogP contribution in [0.5, 0.6) is 0 Å². The number of carbonyl (C=O) groups excluding carboxylic acids is 3. The number of hydrogen-bond donors (Lipinski definition) is 3. The monoisotopic (exact) mass is 520 g/mol. The molecule has 0 saturated carbocycles. The first-order chi connectivity index (χ1) is 18.9. The Hall–Kier alpha value is -4.91. The number of amides is 3. The Balaban J connectivity index is 1.30. The Morgan fingerprint density at radius 1 is 0.744 bits per heavy atom. The predicted molar refractivity (Wildman–Crippen MR) is 156 cm³/mol. The first-order valence-electron chi connectivity index (χ1n) is 12.9. The van der Waals surface area contributed by atoms with E-state index in [2.05, 4.69) is 16.0 Å². The highest BCUT2D eigenvalue weighted by Crippen LogP contribution is 2.19. The molecule has 0 heterocycles. The van der Waals surface area contributed by atoms with Crippen LogP contribution in [-0.2, 0) is 4.79 Å². The van der Waals surface area contributed by atoms with E-state index < -0.39 is 0 Å². The maximum Gasteiger partial charge on any atom is 0.258 e. The van der Waals surface area contributed by atoms with Gasteiger partial charge in [-0.3, -0.25) is 14.4 Å². The Labute approximate surface area is 228 Å². The van der Waals surface area contributed by atoms with Gasteiger partial charge in [0.2, 0.25) is 5.91 Å². The normalized spacial score (nSPS) is 11.2. The lowest BCUT2D eigenvalue weighted by Crippen LogP contribution is -2.30. The molecule has 0 spiro atoms. The van der Waals surface area contributed by atoms with Gasteiger partial charge in [-0.05, 0) is 74.0 Å². The van der Waals surface area contributed by atoms with Crippen molar-refractivity contribution in [3.05, 3.63) is 126 Å². The summed E-state index contributed by atoms with van der Waals surface area (Å²) in [7, 11) is 0. The summed E-state index contributed by atoms with van der Waals surface area (Å²) in [6.45, 7) is 4.42. The van der Waals surface area contributed by atoms with Gasteiger partial charge in [0.25, 0.3) is 11.8 Å². The zero-order valence-electron chi connectivity index (χ0n) is 22.1. The number of carbonyl (C=O) groups is 3. The number of nitrogens with one attached hydrogen (secondary N) is 3. The smallest absolute Gasteiger partial charge is 0.258 e. The molecule has 7 nitrogen and oxygen atoms in total. The average molecular weight is 521 g/mol. The zero-order valence-corrected chi connectivity index (χ0v) is 22.1. The quantitative estimate of drug-likeness (QED) is 0.243. The molecule has 0 saturated heterocycles. The summed E-state index contributed by atoms with van der Waals surface area (Å²) in [5.74, 6) is -0.562. The second-order valence-electron chi connectivity index (χ2n) is 9.05. The van der Waals surface area contributed by atoms with Gasteiger partial charge in [0, 0.05) is 34.7 Å². The Bertz CT molecular complexity index is 1410. The highest BCUT2D eigenvalue weighted by molar-refractivity contribution is 6.07. The van der Waals surface area contributed by atoms with E-state index in [0.29, 0.717) is 29.0 Å². The maximum absolute atomic E-state index is 13.1. The van der Waals surface area contributed by atoms with E-state index in [1.807, 2.05) is 74.5 Å². The van der Waals surface area contributed by atoms with Crippen LogP contribution >= 0.6 is 0 Å². The third kappa shape index (κ3) is 7.32. The molecule has 4 aromatic rings. The van der Waals surface area contributed by atoms with Crippen molar-refractivity contribution in [1.82, 2.24) is 5.32 Å². The van der Waals surface area contributed by atoms with Gasteiger partial charge < -0.3 is 20.9 Å². The van der Waals surface area contributed by atoms with Gasteiger partial charge >= 0.3 is 0 Å². The van der Waals surface area contributed by atoms with Crippen LogP contribution in [0.15, 0.2) is 109 Å². The molecule has 7 heteroatoms. The highest BCUT2D eigenvalue weighted by Gasteiger charge is 2.17. The van der Waals surface area contributed by atoms with Crippen molar-refractivity contribution in [3.8, 4) is 0 Å². The molecule has 0 aliphatic heterocycles. The lowest BCUT2D eigenvalue weighted by atomic mass is 10.1. The molecular formula is C32H32N4O3. The van der Waals surface area contributed by atoms with Gasteiger partial charge in [-0.1, -0.05) is 54.6 Å². The number of benzene rings is 4. The average Bonchev–Trinajstić information content (AvgIpc) is 2.98. The molecule has 0 radical (unpaired) electrons. The number of hydrogen-bond acceptors (Lipinski definition) is 4. The van der Waals surface area contributed by atoms with Crippen LogP contribution < -0.4 is 20.9 Å². The third-order valence-corrected chi connectivity index (χ3v) is 6.27. The fraction of sp³-hybridized carbons (Fsp3) is 0.156. The highest BCUT2D eigenvalue weighted by atomic mass is 16.2. The Morgan fingerprint density at radius 3 is 2.08 bits per heavy atom. The van der Waals surface area contributed by atoms with E-state index in [9.17, 15) is 14.4 Å². The van der Waals surface area contributed by atoms with E-state index in [1.54, 1.807) is 53.4 Å². The molecule has 1 atom stereocenters. The van der Waals surface area contributed by atoms with Gasteiger partial charge in [-0.15, -0.1) is 0 Å². The lowest BCUT2D eigenvalue weighted by molar-refractivity contribution is -0.114. The Morgan fingerprint density at radius 2 is 1.41 bits per heavy atom. The number of rotatable bonds is 10. The van der Waals surface area contributed by atoms with E-state index in [1.165, 1.54) is 0 Å². The molecule has 1 unspecified atom stereocenters. The van der Waals surface area contributed by atoms with Crippen molar-refractivity contribution in [2.75, 3.05) is 28.6 Å². The van der Waals surface area contributed by atoms with Crippen LogP contribution in [-0.4, -0.2) is 30.8 Å². The van der Waals surface area contributed by atoms with Crippen LogP contribution in [0.3, 0.4) is 0 Å². The second kappa shape index (κ2) is 13.1. The molecule has 0 aliphatic carbocycles. The molecule has 4 rings (SSSR count). The minimum atomic E-state index is -0.256. The maximum atomic E-state index is 13.1. The van der Waals surface area contributed by atoms with Crippen molar-refractivity contribution in [1.29, 1.82) is 0 Å². The van der Waals surface area contributed by atoms with Crippen molar-refractivity contribution >= 4 is 34.8 Å². The molecule has 0 bridgehead atoms. The molecule has 39 heavy (non-hydrogen) atoms. The summed E-state index contributed by atoms with van der Waals surface area (Å²) >= 11 is 0. The molecular weight excluding hydrogens is 488 g/mol. The summed E-state index contributed by atoms with van der Waals surface area (Å²) < 4.78 is 0. The van der Waals surface area contributed by atoms with Crippen molar-refractivity contribution in [2.45, 2.75) is 19.9 Å². The minimum Gasteiger partial charge on any atom is -0.376 e. The molecule has 3 amide bonds. The molecule has 0 aromatic heterocycles. The number of anilines is 3. The first kappa shape index (κ1) is 27.1.